The van der Waals surface area contributed by atoms with Gasteiger partial charge in [-0.25, -0.2) is 14.2 Å². The van der Waals surface area contributed by atoms with E-state index in [2.05, 4.69) is 26.5 Å². The number of nitrogens with two attached hydrogens (primary N) is 1. The number of carboxylic acid groups (broad SMARTS) is 1. The number of hydrazine groups is 1. The smallest absolute Gasteiger partial charge is 0.357 e. The van der Waals surface area contributed by atoms with E-state index in [1.165, 1.54) is 26.4 Å². The van der Waals surface area contributed by atoms with Gasteiger partial charge in [0.05, 0.1) is 18.5 Å². The number of aromatic nitrogens is 1. The molecule has 0 atom stereocenters. The number of methoxy groups -OCH3 is 1. The Labute approximate surface area is 170 Å². The van der Waals surface area contributed by atoms with Crippen LogP contribution in [0.15, 0.2) is 53.8 Å². The van der Waals surface area contributed by atoms with Crippen molar-refractivity contribution in [2.45, 2.75) is 0 Å². The first-order chi connectivity index (χ1) is 14.3. The van der Waals surface area contributed by atoms with Gasteiger partial charge in [-0.05, 0) is 12.1 Å². The summed E-state index contributed by atoms with van der Waals surface area (Å²) < 4.78 is 19.6. The second kappa shape index (κ2) is 8.39. The minimum atomic E-state index is -1.46. The monoisotopic (exact) mass is 414 g/mol. The number of benzene rings is 1. The molecule has 0 fully saturated rings. The zero-order valence-electron chi connectivity index (χ0n) is 16.0. The van der Waals surface area contributed by atoms with Gasteiger partial charge in [0.1, 0.15) is 17.3 Å². The highest BCUT2D eigenvalue weighted by molar-refractivity contribution is 5.95. The molecule has 10 nitrogen and oxygen atoms in total. The number of hydrogen-bond donors (Lipinski definition) is 6. The number of carbonyl (C=O) groups is 2. The lowest BCUT2D eigenvalue weighted by molar-refractivity contribution is -0.117. The van der Waals surface area contributed by atoms with Gasteiger partial charge in [0.25, 0.3) is 5.91 Å². The van der Waals surface area contributed by atoms with Crippen molar-refractivity contribution in [3.05, 3.63) is 65.3 Å². The number of amides is 1. The second-order valence-corrected chi connectivity index (χ2v) is 6.09. The van der Waals surface area contributed by atoms with Crippen molar-refractivity contribution in [1.29, 1.82) is 0 Å². The van der Waals surface area contributed by atoms with Gasteiger partial charge in [-0.2, -0.15) is 0 Å². The minimum absolute atomic E-state index is 0.192. The third-order valence-electron chi connectivity index (χ3n) is 4.20. The summed E-state index contributed by atoms with van der Waals surface area (Å²) in [5, 5.41) is 14.6. The number of allylic oxidation sites excluding steroid dienone is 1. The van der Waals surface area contributed by atoms with Gasteiger partial charge in [-0.3, -0.25) is 15.6 Å². The third kappa shape index (κ3) is 3.94. The molecule has 0 radical (unpaired) electrons. The number of rotatable bonds is 6. The lowest BCUT2D eigenvalue weighted by Crippen LogP contribution is -2.43. The number of hydrogen-bond acceptors (Lipinski definition) is 8. The number of pyridine rings is 1. The fraction of sp³-hybridized carbons (Fsp3) is 0.105. The van der Waals surface area contributed by atoms with Gasteiger partial charge in [-0.15, -0.1) is 0 Å². The maximum absolute atomic E-state index is 14.1. The van der Waals surface area contributed by atoms with Gasteiger partial charge in [0, 0.05) is 30.4 Å². The Bertz CT molecular complexity index is 1080. The van der Waals surface area contributed by atoms with Crippen molar-refractivity contribution in [2.24, 2.45) is 5.73 Å². The standard InChI is InChI=1S/C19H19FN6O4/c1-22-18(27)16-13(7-14(21)25-26-16)24-12-5-3-4-10(17(12)30-2)9-6-11(20)15(19(28)29)23-8-9/h3-8,24-26H,21H2,1-2H3,(H,22,27)(H,28,29). The summed E-state index contributed by atoms with van der Waals surface area (Å²) in [6, 6.07) is 6.11. The van der Waals surface area contributed by atoms with Crippen molar-refractivity contribution in [3.63, 3.8) is 0 Å². The molecular formula is C19H19FN6O4. The number of likely N-dealkylation sites (N-methyl/N-ethyl adjacent to an activating group) is 1. The highest BCUT2D eigenvalue weighted by atomic mass is 19.1. The number of carbonyl (C=O) groups excluding carboxylic acids is 1. The molecule has 1 aliphatic heterocycles. The summed E-state index contributed by atoms with van der Waals surface area (Å²) in [5.74, 6) is -2.22. The van der Waals surface area contributed by atoms with Crippen LogP contribution in [0.2, 0.25) is 0 Å². The maximum atomic E-state index is 14.1. The van der Waals surface area contributed by atoms with Crippen LogP contribution in [-0.4, -0.2) is 36.1 Å². The number of para-hydroxylation sites is 1. The van der Waals surface area contributed by atoms with Crippen molar-refractivity contribution in [2.75, 3.05) is 19.5 Å². The molecule has 0 bridgehead atoms. The summed E-state index contributed by atoms with van der Waals surface area (Å²) in [6.07, 6.45) is 2.77. The number of nitrogens with zero attached hydrogens (tertiary/aromatic N) is 1. The predicted molar refractivity (Wildman–Crippen MR) is 106 cm³/mol. The first-order valence-electron chi connectivity index (χ1n) is 8.64. The molecule has 11 heteroatoms. The van der Waals surface area contributed by atoms with E-state index in [9.17, 15) is 14.0 Å². The molecule has 0 unspecified atom stereocenters. The van der Waals surface area contributed by atoms with E-state index in [0.717, 1.165) is 6.07 Å². The van der Waals surface area contributed by atoms with Crippen LogP contribution in [0.4, 0.5) is 10.1 Å². The zero-order valence-corrected chi connectivity index (χ0v) is 16.0. The molecule has 0 spiro atoms. The van der Waals surface area contributed by atoms with Crippen LogP contribution >= 0.6 is 0 Å². The largest absolute Gasteiger partial charge is 0.494 e. The molecular weight excluding hydrogens is 395 g/mol. The van der Waals surface area contributed by atoms with Gasteiger partial charge >= 0.3 is 5.97 Å². The molecule has 1 aromatic carbocycles. The van der Waals surface area contributed by atoms with Gasteiger partial charge in [0.15, 0.2) is 11.5 Å². The summed E-state index contributed by atoms with van der Waals surface area (Å²) in [6.45, 7) is 0. The maximum Gasteiger partial charge on any atom is 0.357 e. The summed E-state index contributed by atoms with van der Waals surface area (Å²) >= 11 is 0. The third-order valence-corrected chi connectivity index (χ3v) is 4.20. The molecule has 3 rings (SSSR count). The van der Waals surface area contributed by atoms with Crippen LogP contribution in [-0.2, 0) is 4.79 Å². The average molecular weight is 414 g/mol. The molecule has 2 heterocycles. The van der Waals surface area contributed by atoms with Crippen LogP contribution in [0, 0.1) is 5.82 Å². The first kappa shape index (κ1) is 20.5. The fourth-order valence-electron chi connectivity index (χ4n) is 2.84. The lowest BCUT2D eigenvalue weighted by atomic mass is 10.0. The molecule has 1 amide bonds. The molecule has 7 N–H and O–H groups in total. The Kier molecular flexibility index (Phi) is 5.72. The van der Waals surface area contributed by atoms with E-state index < -0.39 is 17.5 Å². The number of ether oxygens (including phenoxy) is 1. The average Bonchev–Trinajstić information content (AvgIpc) is 2.72. The van der Waals surface area contributed by atoms with E-state index in [1.807, 2.05) is 0 Å². The van der Waals surface area contributed by atoms with E-state index in [1.54, 1.807) is 18.2 Å². The number of nitrogens with one attached hydrogen (secondary N) is 4. The van der Waals surface area contributed by atoms with Crippen LogP contribution in [0.1, 0.15) is 10.5 Å². The second-order valence-electron chi connectivity index (χ2n) is 6.09. The molecule has 1 aliphatic rings. The van der Waals surface area contributed by atoms with Crippen molar-refractivity contribution in [1.82, 2.24) is 21.2 Å². The van der Waals surface area contributed by atoms with Crippen LogP contribution in [0.5, 0.6) is 5.75 Å². The van der Waals surface area contributed by atoms with Crippen molar-refractivity contribution in [3.8, 4) is 16.9 Å². The summed E-state index contributed by atoms with van der Waals surface area (Å²) in [4.78, 5) is 26.8. The Hall–Kier alpha value is -4.28. The zero-order chi connectivity index (χ0) is 21.8. The summed E-state index contributed by atoms with van der Waals surface area (Å²) in [5.41, 5.74) is 12.3. The first-order valence-corrected chi connectivity index (χ1v) is 8.64. The molecule has 0 saturated carbocycles. The Morgan fingerprint density at radius 1 is 1.30 bits per heavy atom. The predicted octanol–water partition coefficient (Wildman–Crippen LogP) is 0.872. The Balaban J connectivity index is 2.06. The molecule has 1 aromatic heterocycles. The van der Waals surface area contributed by atoms with Crippen LogP contribution in [0.3, 0.4) is 0 Å². The normalized spacial score (nSPS) is 13.0. The molecule has 2 aromatic rings. The van der Waals surface area contributed by atoms with Crippen molar-refractivity contribution >= 4 is 17.6 Å². The molecule has 0 aliphatic carbocycles. The SMILES string of the molecule is CNC(=O)C1=C(Nc2cccc(-c3cnc(C(=O)O)c(F)c3)c2OC)C=C(N)NN1. The van der Waals surface area contributed by atoms with E-state index in [0.29, 0.717) is 28.3 Å². The quantitative estimate of drug-likeness (QED) is 0.405. The van der Waals surface area contributed by atoms with Gasteiger partial charge < -0.3 is 26.2 Å². The molecule has 30 heavy (non-hydrogen) atoms. The van der Waals surface area contributed by atoms with E-state index in [4.69, 9.17) is 15.6 Å². The lowest BCUT2D eigenvalue weighted by Gasteiger charge is -2.23. The number of anilines is 1. The topological polar surface area (TPSA) is 151 Å². The highest BCUT2D eigenvalue weighted by Gasteiger charge is 2.20. The number of carboxylic acids is 1. The van der Waals surface area contributed by atoms with E-state index in [-0.39, 0.29) is 17.4 Å². The minimum Gasteiger partial charge on any atom is -0.494 e. The Morgan fingerprint density at radius 3 is 2.70 bits per heavy atom. The van der Waals surface area contributed by atoms with Crippen molar-refractivity contribution < 1.29 is 23.8 Å². The summed E-state index contributed by atoms with van der Waals surface area (Å²) in [7, 11) is 2.91. The van der Waals surface area contributed by atoms with Crippen LogP contribution in [0.25, 0.3) is 11.1 Å². The number of aromatic carboxylic acids is 1. The molecule has 0 saturated heterocycles. The fourth-order valence-corrected chi connectivity index (χ4v) is 2.84. The Morgan fingerprint density at radius 2 is 2.07 bits per heavy atom. The van der Waals surface area contributed by atoms with Gasteiger partial charge in [0.2, 0.25) is 0 Å². The number of halogens is 1. The van der Waals surface area contributed by atoms with Crippen LogP contribution < -0.4 is 32.0 Å². The van der Waals surface area contributed by atoms with E-state index >= 15 is 0 Å². The highest BCUT2D eigenvalue weighted by Crippen LogP contribution is 2.37. The molecule has 156 valence electrons. The van der Waals surface area contributed by atoms with Gasteiger partial charge in [-0.1, -0.05) is 12.1 Å².